The third kappa shape index (κ3) is 6.52. The molecule has 1 aliphatic heterocycles. The van der Waals surface area contributed by atoms with Gasteiger partial charge < -0.3 is 20.4 Å². The molecule has 0 saturated carbocycles. The summed E-state index contributed by atoms with van der Waals surface area (Å²) in [5.41, 5.74) is 3.30. The highest BCUT2D eigenvalue weighted by atomic mass is 127. The van der Waals surface area contributed by atoms with Crippen LogP contribution in [-0.2, 0) is 18.4 Å². The van der Waals surface area contributed by atoms with Crippen LogP contribution in [0.15, 0.2) is 23.5 Å². The monoisotopic (exact) mass is 541 g/mol. The number of aromatic nitrogens is 4. The molecule has 2 aromatic heterocycles. The Morgan fingerprint density at radius 1 is 1.13 bits per heavy atom. The fourth-order valence-electron chi connectivity index (χ4n) is 3.52. The van der Waals surface area contributed by atoms with E-state index in [2.05, 4.69) is 42.5 Å². The molecule has 0 aromatic carbocycles. The van der Waals surface area contributed by atoms with Gasteiger partial charge in [-0.1, -0.05) is 0 Å². The fourth-order valence-corrected chi connectivity index (χ4v) is 3.52. The molecule has 3 rings (SSSR count). The number of aryl methyl sites for hydroxylation is 2. The zero-order valence-corrected chi connectivity index (χ0v) is 21.0. The van der Waals surface area contributed by atoms with Gasteiger partial charge in [0.15, 0.2) is 5.96 Å². The Labute approximate surface area is 200 Å². The standard InChI is InChI=1S/C20H31N9O.HI/c1-15-17(16(2)27(4)26-15)14-25-19(21-3)22-9-6-18(30)28-10-12-29(13-11-28)20-23-7-5-8-24-20;/h5,7-8H,6,9-14H2,1-4H3,(H2,21,22,25);1H. The van der Waals surface area contributed by atoms with Crippen molar-refractivity contribution < 1.29 is 4.79 Å². The van der Waals surface area contributed by atoms with E-state index in [4.69, 9.17) is 0 Å². The smallest absolute Gasteiger partial charge is 0.225 e. The van der Waals surface area contributed by atoms with Gasteiger partial charge in [-0.3, -0.25) is 14.5 Å². The van der Waals surface area contributed by atoms with Crippen LogP contribution in [-0.4, -0.2) is 76.3 Å². The Kier molecular flexibility index (Phi) is 9.46. The minimum Gasteiger partial charge on any atom is -0.356 e. The van der Waals surface area contributed by atoms with Crippen molar-refractivity contribution in [1.29, 1.82) is 0 Å². The lowest BCUT2D eigenvalue weighted by Gasteiger charge is -2.34. The Morgan fingerprint density at radius 2 is 1.81 bits per heavy atom. The van der Waals surface area contributed by atoms with Crippen LogP contribution in [0.1, 0.15) is 23.4 Å². The summed E-state index contributed by atoms with van der Waals surface area (Å²) in [6.45, 7) is 8.09. The van der Waals surface area contributed by atoms with E-state index in [1.54, 1.807) is 25.5 Å². The lowest BCUT2D eigenvalue weighted by Crippen LogP contribution is -2.50. The van der Waals surface area contributed by atoms with E-state index in [0.29, 0.717) is 38.6 Å². The maximum absolute atomic E-state index is 12.5. The lowest BCUT2D eigenvalue weighted by atomic mass is 10.2. The number of piperazine rings is 1. The minimum atomic E-state index is 0. The Morgan fingerprint density at radius 3 is 2.39 bits per heavy atom. The number of rotatable bonds is 6. The van der Waals surface area contributed by atoms with Crippen LogP contribution < -0.4 is 15.5 Å². The highest BCUT2D eigenvalue weighted by molar-refractivity contribution is 14.0. The first-order valence-corrected chi connectivity index (χ1v) is 10.2. The molecule has 1 fully saturated rings. The summed E-state index contributed by atoms with van der Waals surface area (Å²) >= 11 is 0. The van der Waals surface area contributed by atoms with Crippen LogP contribution in [0.4, 0.5) is 5.95 Å². The second-order valence-corrected chi connectivity index (χ2v) is 7.29. The SMILES string of the molecule is CN=C(NCCC(=O)N1CCN(c2ncccn2)CC1)NCc1c(C)nn(C)c1C.I. The second kappa shape index (κ2) is 11.8. The van der Waals surface area contributed by atoms with Gasteiger partial charge in [-0.25, -0.2) is 9.97 Å². The molecular weight excluding hydrogens is 509 g/mol. The van der Waals surface area contributed by atoms with Gasteiger partial charge in [0.1, 0.15) is 0 Å². The summed E-state index contributed by atoms with van der Waals surface area (Å²) in [7, 11) is 3.67. The lowest BCUT2D eigenvalue weighted by molar-refractivity contribution is -0.131. The zero-order chi connectivity index (χ0) is 21.5. The summed E-state index contributed by atoms with van der Waals surface area (Å²) < 4.78 is 1.88. The van der Waals surface area contributed by atoms with Crippen LogP contribution in [0.2, 0.25) is 0 Å². The van der Waals surface area contributed by atoms with Crippen molar-refractivity contribution in [1.82, 2.24) is 35.3 Å². The van der Waals surface area contributed by atoms with E-state index in [1.165, 1.54) is 0 Å². The average Bonchev–Trinajstić information content (AvgIpc) is 3.02. The van der Waals surface area contributed by atoms with Crippen molar-refractivity contribution in [3.63, 3.8) is 0 Å². The third-order valence-corrected chi connectivity index (χ3v) is 5.41. The number of halogens is 1. The first-order chi connectivity index (χ1) is 14.5. The normalized spacial score (nSPS) is 14.3. The van der Waals surface area contributed by atoms with Crippen LogP contribution in [0, 0.1) is 13.8 Å². The molecule has 0 spiro atoms. The second-order valence-electron chi connectivity index (χ2n) is 7.29. The molecule has 10 nitrogen and oxygen atoms in total. The first kappa shape index (κ1) is 24.8. The number of guanidine groups is 1. The number of hydrogen-bond acceptors (Lipinski definition) is 6. The van der Waals surface area contributed by atoms with E-state index >= 15 is 0 Å². The van der Waals surface area contributed by atoms with Gasteiger partial charge >= 0.3 is 0 Å². The van der Waals surface area contributed by atoms with E-state index in [9.17, 15) is 4.79 Å². The molecule has 1 aliphatic rings. The van der Waals surface area contributed by atoms with E-state index < -0.39 is 0 Å². The minimum absolute atomic E-state index is 0. The van der Waals surface area contributed by atoms with E-state index in [0.717, 1.165) is 36.0 Å². The Balaban J connectivity index is 0.00000341. The van der Waals surface area contributed by atoms with Crippen molar-refractivity contribution in [2.24, 2.45) is 12.0 Å². The molecule has 0 unspecified atom stereocenters. The molecule has 3 heterocycles. The van der Waals surface area contributed by atoms with Gasteiger partial charge in [-0.15, -0.1) is 24.0 Å². The Bertz CT molecular complexity index is 876. The third-order valence-electron chi connectivity index (χ3n) is 5.41. The first-order valence-electron chi connectivity index (χ1n) is 10.2. The van der Waals surface area contributed by atoms with Crippen LogP contribution in [0.25, 0.3) is 0 Å². The number of hydrogen-bond donors (Lipinski definition) is 2. The van der Waals surface area contributed by atoms with Crippen LogP contribution >= 0.6 is 24.0 Å². The molecule has 0 aliphatic carbocycles. The molecule has 1 amide bonds. The summed E-state index contributed by atoms with van der Waals surface area (Å²) in [4.78, 5) is 29.4. The van der Waals surface area contributed by atoms with Crippen molar-refractivity contribution in [2.45, 2.75) is 26.8 Å². The van der Waals surface area contributed by atoms with E-state index in [1.807, 2.05) is 23.6 Å². The molecule has 31 heavy (non-hydrogen) atoms. The summed E-state index contributed by atoms with van der Waals surface area (Å²) in [5, 5.41) is 11.0. The number of carbonyl (C=O) groups excluding carboxylic acids is 1. The number of nitrogens with zero attached hydrogens (tertiary/aromatic N) is 7. The van der Waals surface area contributed by atoms with Gasteiger partial charge in [0, 0.05) is 83.4 Å². The molecule has 0 atom stereocenters. The maximum Gasteiger partial charge on any atom is 0.225 e. The van der Waals surface area contributed by atoms with Crippen molar-refractivity contribution in [3.05, 3.63) is 35.4 Å². The summed E-state index contributed by atoms with van der Waals surface area (Å²) in [6, 6.07) is 1.80. The summed E-state index contributed by atoms with van der Waals surface area (Å²) in [6.07, 6.45) is 3.90. The summed E-state index contributed by atoms with van der Waals surface area (Å²) in [5.74, 6) is 1.54. The number of nitrogens with one attached hydrogen (secondary N) is 2. The fraction of sp³-hybridized carbons (Fsp3) is 0.550. The van der Waals surface area contributed by atoms with Gasteiger partial charge in [0.25, 0.3) is 0 Å². The number of carbonyl (C=O) groups is 1. The van der Waals surface area contributed by atoms with E-state index in [-0.39, 0.29) is 29.9 Å². The van der Waals surface area contributed by atoms with Gasteiger partial charge in [0.05, 0.1) is 5.69 Å². The predicted molar refractivity (Wildman–Crippen MR) is 132 cm³/mol. The molecular formula is C20H32IN9O. The predicted octanol–water partition coefficient (Wildman–Crippen LogP) is 0.849. The quantitative estimate of drug-likeness (QED) is 0.318. The van der Waals surface area contributed by atoms with Gasteiger partial charge in [-0.05, 0) is 19.9 Å². The average molecular weight is 541 g/mol. The van der Waals surface area contributed by atoms with Gasteiger partial charge in [0.2, 0.25) is 11.9 Å². The molecule has 0 radical (unpaired) electrons. The molecule has 1 saturated heterocycles. The molecule has 11 heteroatoms. The zero-order valence-electron chi connectivity index (χ0n) is 18.6. The Hall–Kier alpha value is -2.44. The van der Waals surface area contributed by atoms with Crippen molar-refractivity contribution in [2.75, 3.05) is 44.7 Å². The largest absolute Gasteiger partial charge is 0.356 e. The number of anilines is 1. The van der Waals surface area contributed by atoms with Gasteiger partial charge in [-0.2, -0.15) is 5.10 Å². The number of aliphatic imine (C=N–C) groups is 1. The highest BCUT2D eigenvalue weighted by Gasteiger charge is 2.22. The molecule has 2 N–H and O–H groups in total. The topological polar surface area (TPSA) is 104 Å². The molecule has 170 valence electrons. The van der Waals surface area contributed by atoms with Crippen molar-refractivity contribution >= 4 is 41.8 Å². The number of amides is 1. The van der Waals surface area contributed by atoms with Crippen molar-refractivity contribution in [3.8, 4) is 0 Å². The molecule has 2 aromatic rings. The molecule has 0 bridgehead atoms. The maximum atomic E-state index is 12.5. The van der Waals surface area contributed by atoms with Crippen LogP contribution in [0.5, 0.6) is 0 Å². The van der Waals surface area contributed by atoms with Crippen LogP contribution in [0.3, 0.4) is 0 Å². The highest BCUT2D eigenvalue weighted by Crippen LogP contribution is 2.11.